The third kappa shape index (κ3) is 4.44. The predicted octanol–water partition coefficient (Wildman–Crippen LogP) is 0.439. The Balaban J connectivity index is 2.25. The van der Waals surface area contributed by atoms with E-state index in [1.54, 1.807) is 0 Å². The number of aliphatic carboxylic acids is 1. The van der Waals surface area contributed by atoms with Crippen molar-refractivity contribution in [3.8, 4) is 0 Å². The van der Waals surface area contributed by atoms with Crippen LogP contribution in [-0.2, 0) is 9.59 Å². The first-order valence-corrected chi connectivity index (χ1v) is 5.45. The van der Waals surface area contributed by atoms with Gasteiger partial charge in [-0.05, 0) is 25.7 Å². The van der Waals surface area contributed by atoms with E-state index in [1.807, 2.05) is 0 Å². The van der Waals surface area contributed by atoms with Crippen LogP contribution >= 0.6 is 0 Å². The number of amides is 1. The van der Waals surface area contributed by atoms with Crippen molar-refractivity contribution in [1.82, 2.24) is 5.32 Å². The standard InChI is InChI=1S/C11H17NO4/c13-9(11(15)16)7-12-10(14)6-8-4-2-1-3-5-8/h4,9,13H,1-3,5-7H2,(H,12,14)(H,15,16). The van der Waals surface area contributed by atoms with Crippen LogP contribution in [0.2, 0.25) is 0 Å². The molecule has 0 aromatic rings. The quantitative estimate of drug-likeness (QED) is 0.595. The Morgan fingerprint density at radius 2 is 2.19 bits per heavy atom. The normalized spacial score (nSPS) is 17.4. The molecule has 0 saturated heterocycles. The van der Waals surface area contributed by atoms with Gasteiger partial charge in [0.25, 0.3) is 0 Å². The number of hydrogen-bond acceptors (Lipinski definition) is 3. The molecule has 0 saturated carbocycles. The summed E-state index contributed by atoms with van der Waals surface area (Å²) in [5.74, 6) is -1.55. The lowest BCUT2D eigenvalue weighted by molar-refractivity contribution is -0.146. The summed E-state index contributed by atoms with van der Waals surface area (Å²) in [7, 11) is 0. The number of aliphatic hydroxyl groups excluding tert-OH is 1. The SMILES string of the molecule is O=C(CC1=CCCCC1)NCC(O)C(=O)O. The molecule has 5 nitrogen and oxygen atoms in total. The van der Waals surface area contributed by atoms with E-state index in [0.717, 1.165) is 24.8 Å². The van der Waals surface area contributed by atoms with Crippen molar-refractivity contribution >= 4 is 11.9 Å². The van der Waals surface area contributed by atoms with Crippen molar-refractivity contribution < 1.29 is 19.8 Å². The Bertz CT molecular complexity index is 298. The molecule has 16 heavy (non-hydrogen) atoms. The van der Waals surface area contributed by atoms with E-state index in [9.17, 15) is 9.59 Å². The molecule has 0 fully saturated rings. The van der Waals surface area contributed by atoms with E-state index in [4.69, 9.17) is 10.2 Å². The first-order valence-electron chi connectivity index (χ1n) is 5.45. The van der Waals surface area contributed by atoms with Crippen molar-refractivity contribution in [1.29, 1.82) is 0 Å². The molecule has 1 aliphatic carbocycles. The monoisotopic (exact) mass is 227 g/mol. The number of carboxylic acids is 1. The third-order valence-electron chi connectivity index (χ3n) is 2.55. The Morgan fingerprint density at radius 1 is 1.44 bits per heavy atom. The Kier molecular flexibility index (Phi) is 4.98. The molecule has 0 spiro atoms. The minimum absolute atomic E-state index is 0.228. The van der Waals surface area contributed by atoms with E-state index in [-0.39, 0.29) is 12.5 Å². The van der Waals surface area contributed by atoms with Crippen LogP contribution in [0.1, 0.15) is 32.1 Å². The van der Waals surface area contributed by atoms with Gasteiger partial charge in [-0.25, -0.2) is 4.79 Å². The number of allylic oxidation sites excluding steroid dienone is 1. The summed E-state index contributed by atoms with van der Waals surface area (Å²) in [6.07, 6.45) is 5.09. The number of carbonyl (C=O) groups excluding carboxylic acids is 1. The van der Waals surface area contributed by atoms with Gasteiger partial charge in [0.2, 0.25) is 5.91 Å². The number of hydrogen-bond donors (Lipinski definition) is 3. The van der Waals surface area contributed by atoms with Gasteiger partial charge in [0.1, 0.15) is 0 Å². The van der Waals surface area contributed by atoms with Crippen LogP contribution in [0.4, 0.5) is 0 Å². The zero-order chi connectivity index (χ0) is 12.0. The summed E-state index contributed by atoms with van der Waals surface area (Å²) in [6.45, 7) is -0.235. The molecule has 90 valence electrons. The molecule has 3 N–H and O–H groups in total. The number of rotatable bonds is 5. The molecule has 1 amide bonds. The Morgan fingerprint density at radius 3 is 2.75 bits per heavy atom. The molecule has 0 aromatic heterocycles. The Hall–Kier alpha value is -1.36. The molecule has 1 aliphatic rings. The zero-order valence-electron chi connectivity index (χ0n) is 9.11. The summed E-state index contributed by atoms with van der Waals surface area (Å²) in [4.78, 5) is 21.7. The van der Waals surface area contributed by atoms with E-state index in [2.05, 4.69) is 11.4 Å². The lowest BCUT2D eigenvalue weighted by atomic mass is 9.97. The lowest BCUT2D eigenvalue weighted by Gasteiger charge is -2.13. The van der Waals surface area contributed by atoms with Gasteiger partial charge >= 0.3 is 5.97 Å². The highest BCUT2D eigenvalue weighted by Crippen LogP contribution is 2.19. The van der Waals surface area contributed by atoms with Gasteiger partial charge in [0, 0.05) is 6.42 Å². The Labute approximate surface area is 94.2 Å². The zero-order valence-corrected chi connectivity index (χ0v) is 9.11. The largest absolute Gasteiger partial charge is 0.479 e. The van der Waals surface area contributed by atoms with Crippen LogP contribution in [0.5, 0.6) is 0 Å². The summed E-state index contributed by atoms with van der Waals surface area (Å²) >= 11 is 0. The van der Waals surface area contributed by atoms with Crippen LogP contribution in [0.25, 0.3) is 0 Å². The molecule has 0 radical (unpaired) electrons. The van der Waals surface area contributed by atoms with E-state index in [1.165, 1.54) is 6.42 Å². The fourth-order valence-electron chi connectivity index (χ4n) is 1.63. The minimum Gasteiger partial charge on any atom is -0.479 e. The maximum Gasteiger partial charge on any atom is 0.334 e. The third-order valence-corrected chi connectivity index (χ3v) is 2.55. The second-order valence-electron chi connectivity index (χ2n) is 3.94. The molecule has 5 heteroatoms. The van der Waals surface area contributed by atoms with Gasteiger partial charge in [-0.15, -0.1) is 0 Å². The van der Waals surface area contributed by atoms with Gasteiger partial charge in [-0.1, -0.05) is 11.6 Å². The van der Waals surface area contributed by atoms with E-state index >= 15 is 0 Å². The maximum absolute atomic E-state index is 11.4. The number of carbonyl (C=O) groups is 2. The van der Waals surface area contributed by atoms with Gasteiger partial charge < -0.3 is 15.5 Å². The summed E-state index contributed by atoms with van der Waals surface area (Å²) in [5.41, 5.74) is 1.11. The van der Waals surface area contributed by atoms with Crippen LogP contribution in [-0.4, -0.2) is 34.7 Å². The lowest BCUT2D eigenvalue weighted by Crippen LogP contribution is -2.36. The van der Waals surface area contributed by atoms with Gasteiger partial charge in [0.15, 0.2) is 6.10 Å². The predicted molar refractivity (Wildman–Crippen MR) is 57.8 cm³/mol. The smallest absolute Gasteiger partial charge is 0.334 e. The first kappa shape index (κ1) is 12.7. The fourth-order valence-corrected chi connectivity index (χ4v) is 1.63. The van der Waals surface area contributed by atoms with Crippen molar-refractivity contribution in [3.63, 3.8) is 0 Å². The van der Waals surface area contributed by atoms with E-state index in [0.29, 0.717) is 6.42 Å². The van der Waals surface area contributed by atoms with Crippen molar-refractivity contribution in [2.75, 3.05) is 6.54 Å². The van der Waals surface area contributed by atoms with Crippen LogP contribution < -0.4 is 5.32 Å². The van der Waals surface area contributed by atoms with Crippen molar-refractivity contribution in [3.05, 3.63) is 11.6 Å². The van der Waals surface area contributed by atoms with Crippen LogP contribution in [0, 0.1) is 0 Å². The highest BCUT2D eigenvalue weighted by molar-refractivity contribution is 5.79. The second kappa shape index (κ2) is 6.27. The molecule has 1 unspecified atom stereocenters. The summed E-state index contributed by atoms with van der Waals surface area (Å²) in [5, 5.41) is 19.8. The first-order chi connectivity index (χ1) is 7.59. The average Bonchev–Trinajstić information content (AvgIpc) is 2.27. The molecular weight excluding hydrogens is 210 g/mol. The maximum atomic E-state index is 11.4. The molecule has 1 rings (SSSR count). The van der Waals surface area contributed by atoms with Crippen molar-refractivity contribution in [2.24, 2.45) is 0 Å². The molecule has 1 atom stereocenters. The van der Waals surface area contributed by atoms with Gasteiger partial charge in [-0.2, -0.15) is 0 Å². The highest BCUT2D eigenvalue weighted by Gasteiger charge is 2.15. The van der Waals surface area contributed by atoms with Crippen LogP contribution in [0.15, 0.2) is 11.6 Å². The topological polar surface area (TPSA) is 86.6 Å². The molecule has 0 aromatic carbocycles. The van der Waals surface area contributed by atoms with Gasteiger partial charge in [0.05, 0.1) is 6.54 Å². The van der Waals surface area contributed by atoms with Crippen LogP contribution in [0.3, 0.4) is 0 Å². The molecular formula is C11H17NO4. The summed E-state index contributed by atoms with van der Waals surface area (Å²) < 4.78 is 0. The summed E-state index contributed by atoms with van der Waals surface area (Å²) in [6, 6.07) is 0. The molecule has 0 aliphatic heterocycles. The molecule has 0 heterocycles. The number of aliphatic hydroxyl groups is 1. The average molecular weight is 227 g/mol. The number of carboxylic acid groups (broad SMARTS) is 1. The highest BCUT2D eigenvalue weighted by atomic mass is 16.4. The minimum atomic E-state index is -1.52. The van der Waals surface area contributed by atoms with E-state index < -0.39 is 12.1 Å². The number of nitrogens with one attached hydrogen (secondary N) is 1. The molecule has 0 bridgehead atoms. The second-order valence-corrected chi connectivity index (χ2v) is 3.94. The van der Waals surface area contributed by atoms with Gasteiger partial charge in [-0.3, -0.25) is 4.79 Å². The fraction of sp³-hybridized carbons (Fsp3) is 0.636. The van der Waals surface area contributed by atoms with Crippen molar-refractivity contribution in [2.45, 2.75) is 38.2 Å².